The third-order valence-electron chi connectivity index (χ3n) is 3.08. The Labute approximate surface area is 81.0 Å². The zero-order valence-corrected chi connectivity index (χ0v) is 8.33. The van der Waals surface area contributed by atoms with Crippen molar-refractivity contribution in [2.75, 3.05) is 6.54 Å². The van der Waals surface area contributed by atoms with Crippen molar-refractivity contribution in [2.24, 2.45) is 0 Å². The first-order valence-corrected chi connectivity index (χ1v) is 4.81. The molecule has 1 spiro atoms. The highest BCUT2D eigenvalue weighted by Crippen LogP contribution is 2.32. The molecule has 1 saturated carbocycles. The van der Waals surface area contributed by atoms with E-state index in [-0.39, 0.29) is 12.4 Å². The molecular formula is C10H18ClN. The third kappa shape index (κ3) is 2.02. The zero-order chi connectivity index (χ0) is 7.57. The predicted octanol–water partition coefficient (Wildman–Crippen LogP) is 2.66. The maximum atomic E-state index is 3.65. The van der Waals surface area contributed by atoms with Crippen LogP contribution in [0.4, 0.5) is 0 Å². The Morgan fingerprint density at radius 1 is 1.00 bits per heavy atom. The first-order chi connectivity index (χ1) is 5.41. The lowest BCUT2D eigenvalue weighted by molar-refractivity contribution is 0.234. The number of halogens is 1. The molecule has 0 saturated heterocycles. The number of rotatable bonds is 0. The van der Waals surface area contributed by atoms with Crippen LogP contribution in [0.5, 0.6) is 0 Å². The average Bonchev–Trinajstić information content (AvgIpc) is 2.07. The van der Waals surface area contributed by atoms with E-state index < -0.39 is 0 Å². The van der Waals surface area contributed by atoms with Crippen LogP contribution in [0, 0.1) is 0 Å². The van der Waals surface area contributed by atoms with Gasteiger partial charge in [-0.2, -0.15) is 0 Å². The summed E-state index contributed by atoms with van der Waals surface area (Å²) < 4.78 is 0. The van der Waals surface area contributed by atoms with Crippen LogP contribution < -0.4 is 5.32 Å². The Bertz CT molecular complexity index is 159. The first kappa shape index (κ1) is 10.1. The molecule has 0 aromatic rings. The van der Waals surface area contributed by atoms with E-state index in [9.17, 15) is 0 Å². The second kappa shape index (κ2) is 4.29. The lowest BCUT2D eigenvalue weighted by Crippen LogP contribution is -2.48. The molecule has 0 amide bonds. The van der Waals surface area contributed by atoms with Gasteiger partial charge in [-0.3, -0.25) is 0 Å². The van der Waals surface area contributed by atoms with Gasteiger partial charge in [0, 0.05) is 12.1 Å². The molecule has 0 unspecified atom stereocenters. The van der Waals surface area contributed by atoms with Crippen molar-refractivity contribution in [2.45, 2.75) is 44.1 Å². The molecule has 2 heteroatoms. The Kier molecular flexibility index (Phi) is 3.60. The standard InChI is InChI=1S/C10H17N.ClH/c1-2-6-10(7-3-1)8-4-5-9-11-10;/h4-5,11H,1-3,6-9H2;1H. The molecule has 2 aliphatic rings. The van der Waals surface area contributed by atoms with Gasteiger partial charge in [-0.1, -0.05) is 31.4 Å². The van der Waals surface area contributed by atoms with Crippen molar-refractivity contribution in [1.29, 1.82) is 0 Å². The summed E-state index contributed by atoms with van der Waals surface area (Å²) in [6, 6.07) is 0. The van der Waals surface area contributed by atoms with E-state index in [0.29, 0.717) is 5.54 Å². The molecule has 1 aliphatic heterocycles. The molecule has 1 fully saturated rings. The Morgan fingerprint density at radius 2 is 1.75 bits per heavy atom. The van der Waals surface area contributed by atoms with Crippen molar-refractivity contribution < 1.29 is 0 Å². The topological polar surface area (TPSA) is 12.0 Å². The zero-order valence-electron chi connectivity index (χ0n) is 7.51. The SMILES string of the molecule is C1=CCC2(CCCCC2)NC1.Cl. The minimum atomic E-state index is 0. The summed E-state index contributed by atoms with van der Waals surface area (Å²) in [6.07, 6.45) is 13.0. The van der Waals surface area contributed by atoms with Gasteiger partial charge in [0.1, 0.15) is 0 Å². The summed E-state index contributed by atoms with van der Waals surface area (Å²) in [5.41, 5.74) is 0.521. The quantitative estimate of drug-likeness (QED) is 0.575. The highest BCUT2D eigenvalue weighted by molar-refractivity contribution is 5.85. The van der Waals surface area contributed by atoms with Gasteiger partial charge in [0.05, 0.1) is 0 Å². The van der Waals surface area contributed by atoms with Crippen molar-refractivity contribution in [3.05, 3.63) is 12.2 Å². The molecule has 0 atom stereocenters. The van der Waals surface area contributed by atoms with E-state index in [1.165, 1.54) is 38.5 Å². The average molecular weight is 188 g/mol. The summed E-state index contributed by atoms with van der Waals surface area (Å²) in [4.78, 5) is 0. The molecule has 0 aromatic carbocycles. The van der Waals surface area contributed by atoms with Crippen LogP contribution in [0.1, 0.15) is 38.5 Å². The van der Waals surface area contributed by atoms with Gasteiger partial charge >= 0.3 is 0 Å². The minimum Gasteiger partial charge on any atom is -0.307 e. The number of hydrogen-bond donors (Lipinski definition) is 1. The molecular weight excluding hydrogens is 170 g/mol. The van der Waals surface area contributed by atoms with Crippen LogP contribution in [0.25, 0.3) is 0 Å². The number of nitrogens with one attached hydrogen (secondary N) is 1. The van der Waals surface area contributed by atoms with Crippen molar-refractivity contribution in [3.8, 4) is 0 Å². The second-order valence-corrected chi connectivity index (χ2v) is 3.90. The van der Waals surface area contributed by atoms with Crippen LogP contribution in [-0.2, 0) is 0 Å². The normalized spacial score (nSPS) is 26.7. The van der Waals surface area contributed by atoms with Crippen LogP contribution >= 0.6 is 12.4 Å². The van der Waals surface area contributed by atoms with Crippen molar-refractivity contribution >= 4 is 12.4 Å². The first-order valence-electron chi connectivity index (χ1n) is 4.81. The van der Waals surface area contributed by atoms with E-state index in [1.54, 1.807) is 0 Å². The number of hydrogen-bond acceptors (Lipinski definition) is 1. The molecule has 0 bridgehead atoms. The largest absolute Gasteiger partial charge is 0.307 e. The maximum Gasteiger partial charge on any atom is 0.0218 e. The van der Waals surface area contributed by atoms with Gasteiger partial charge in [-0.05, 0) is 19.3 Å². The van der Waals surface area contributed by atoms with Gasteiger partial charge in [0.15, 0.2) is 0 Å². The van der Waals surface area contributed by atoms with Gasteiger partial charge in [0.2, 0.25) is 0 Å². The fraction of sp³-hybridized carbons (Fsp3) is 0.800. The highest BCUT2D eigenvalue weighted by Gasteiger charge is 2.30. The lowest BCUT2D eigenvalue weighted by Gasteiger charge is -2.39. The summed E-state index contributed by atoms with van der Waals surface area (Å²) in [5, 5.41) is 3.65. The molecule has 70 valence electrons. The fourth-order valence-corrected chi connectivity index (χ4v) is 2.35. The van der Waals surface area contributed by atoms with E-state index >= 15 is 0 Å². The maximum absolute atomic E-state index is 3.65. The molecule has 2 rings (SSSR count). The lowest BCUT2D eigenvalue weighted by atomic mass is 9.78. The minimum absolute atomic E-state index is 0. The summed E-state index contributed by atoms with van der Waals surface area (Å²) in [5.74, 6) is 0. The summed E-state index contributed by atoms with van der Waals surface area (Å²) in [6.45, 7) is 1.10. The van der Waals surface area contributed by atoms with E-state index in [4.69, 9.17) is 0 Å². The molecule has 1 N–H and O–H groups in total. The Morgan fingerprint density at radius 3 is 2.33 bits per heavy atom. The molecule has 1 aliphatic carbocycles. The fourth-order valence-electron chi connectivity index (χ4n) is 2.35. The summed E-state index contributed by atoms with van der Waals surface area (Å²) in [7, 11) is 0. The Hall–Kier alpha value is -0.0100. The molecule has 0 aromatic heterocycles. The van der Waals surface area contributed by atoms with Gasteiger partial charge < -0.3 is 5.32 Å². The van der Waals surface area contributed by atoms with E-state index in [0.717, 1.165) is 6.54 Å². The van der Waals surface area contributed by atoms with E-state index in [1.807, 2.05) is 0 Å². The molecule has 12 heavy (non-hydrogen) atoms. The van der Waals surface area contributed by atoms with Crippen molar-refractivity contribution in [1.82, 2.24) is 5.32 Å². The van der Waals surface area contributed by atoms with Crippen molar-refractivity contribution in [3.63, 3.8) is 0 Å². The molecule has 0 radical (unpaired) electrons. The second-order valence-electron chi connectivity index (χ2n) is 3.90. The van der Waals surface area contributed by atoms with Crippen LogP contribution in [0.15, 0.2) is 12.2 Å². The Balaban J connectivity index is 0.000000720. The third-order valence-corrected chi connectivity index (χ3v) is 3.08. The highest BCUT2D eigenvalue weighted by atomic mass is 35.5. The van der Waals surface area contributed by atoms with Crippen LogP contribution in [0.3, 0.4) is 0 Å². The monoisotopic (exact) mass is 187 g/mol. The molecule has 1 heterocycles. The predicted molar refractivity (Wildman–Crippen MR) is 54.8 cm³/mol. The summed E-state index contributed by atoms with van der Waals surface area (Å²) >= 11 is 0. The van der Waals surface area contributed by atoms with E-state index in [2.05, 4.69) is 17.5 Å². The van der Waals surface area contributed by atoms with Crippen LogP contribution in [0.2, 0.25) is 0 Å². The van der Waals surface area contributed by atoms with Gasteiger partial charge in [-0.25, -0.2) is 0 Å². The van der Waals surface area contributed by atoms with Gasteiger partial charge in [0.25, 0.3) is 0 Å². The molecule has 1 nitrogen and oxygen atoms in total. The smallest absolute Gasteiger partial charge is 0.0218 e. The van der Waals surface area contributed by atoms with Crippen LogP contribution in [-0.4, -0.2) is 12.1 Å². The van der Waals surface area contributed by atoms with Gasteiger partial charge in [-0.15, -0.1) is 12.4 Å².